The molecule has 1 aliphatic rings. The first-order valence-corrected chi connectivity index (χ1v) is 6.78. The second-order valence-electron chi connectivity index (χ2n) is 4.99. The molecule has 1 N–H and O–H groups in total. The van der Waals surface area contributed by atoms with Crippen LogP contribution < -0.4 is 14.8 Å². The SMILES string of the molecule is FC(F)(F)c1cccc(CNCc2ccc3c(c2)OCO3)c1. The molecule has 1 heterocycles. The van der Waals surface area contributed by atoms with E-state index in [0.717, 1.165) is 17.7 Å². The predicted molar refractivity (Wildman–Crippen MR) is 74.6 cm³/mol. The van der Waals surface area contributed by atoms with Gasteiger partial charge in [-0.25, -0.2) is 0 Å². The molecule has 22 heavy (non-hydrogen) atoms. The lowest BCUT2D eigenvalue weighted by atomic mass is 10.1. The molecule has 0 atom stereocenters. The van der Waals surface area contributed by atoms with Crippen molar-refractivity contribution in [2.45, 2.75) is 19.3 Å². The lowest BCUT2D eigenvalue weighted by molar-refractivity contribution is -0.137. The van der Waals surface area contributed by atoms with Crippen molar-refractivity contribution in [1.29, 1.82) is 0 Å². The van der Waals surface area contributed by atoms with Crippen LogP contribution in [0, 0.1) is 0 Å². The summed E-state index contributed by atoms with van der Waals surface area (Å²) in [6.45, 7) is 1.11. The van der Waals surface area contributed by atoms with E-state index in [9.17, 15) is 13.2 Å². The van der Waals surface area contributed by atoms with Crippen molar-refractivity contribution < 1.29 is 22.6 Å². The normalized spacial score (nSPS) is 13.4. The molecular formula is C16H14F3NO2. The molecule has 1 aliphatic heterocycles. The van der Waals surface area contributed by atoms with E-state index in [1.807, 2.05) is 18.2 Å². The highest BCUT2D eigenvalue weighted by atomic mass is 19.4. The molecule has 0 bridgehead atoms. The van der Waals surface area contributed by atoms with Crippen LogP contribution in [-0.2, 0) is 19.3 Å². The molecule has 116 valence electrons. The Morgan fingerprint density at radius 2 is 1.64 bits per heavy atom. The lowest BCUT2D eigenvalue weighted by Gasteiger charge is -2.10. The van der Waals surface area contributed by atoms with Crippen molar-refractivity contribution in [2.24, 2.45) is 0 Å². The molecule has 0 saturated heterocycles. The van der Waals surface area contributed by atoms with Crippen molar-refractivity contribution in [2.75, 3.05) is 6.79 Å². The number of alkyl halides is 3. The van der Waals surface area contributed by atoms with Crippen LogP contribution in [0.15, 0.2) is 42.5 Å². The minimum absolute atomic E-state index is 0.219. The van der Waals surface area contributed by atoms with E-state index in [4.69, 9.17) is 9.47 Å². The maximum absolute atomic E-state index is 12.6. The zero-order chi connectivity index (χ0) is 15.6. The van der Waals surface area contributed by atoms with Gasteiger partial charge in [0.05, 0.1) is 5.56 Å². The largest absolute Gasteiger partial charge is 0.454 e. The van der Waals surface area contributed by atoms with Crippen molar-refractivity contribution in [3.8, 4) is 11.5 Å². The Morgan fingerprint density at radius 1 is 0.909 bits per heavy atom. The zero-order valence-corrected chi connectivity index (χ0v) is 11.6. The number of ether oxygens (including phenoxy) is 2. The third-order valence-electron chi connectivity index (χ3n) is 3.35. The Kier molecular flexibility index (Phi) is 3.94. The first kappa shape index (κ1) is 14.7. The zero-order valence-electron chi connectivity index (χ0n) is 11.6. The van der Waals surface area contributed by atoms with E-state index in [-0.39, 0.29) is 6.79 Å². The van der Waals surface area contributed by atoms with Gasteiger partial charge in [-0.2, -0.15) is 13.2 Å². The average molecular weight is 309 g/mol. The van der Waals surface area contributed by atoms with Gasteiger partial charge in [0.15, 0.2) is 11.5 Å². The first-order chi connectivity index (χ1) is 10.5. The van der Waals surface area contributed by atoms with Gasteiger partial charge in [0.25, 0.3) is 0 Å². The van der Waals surface area contributed by atoms with Gasteiger partial charge in [0.1, 0.15) is 0 Å². The van der Waals surface area contributed by atoms with Gasteiger partial charge in [-0.1, -0.05) is 24.3 Å². The molecule has 0 spiro atoms. The summed E-state index contributed by atoms with van der Waals surface area (Å²) in [6.07, 6.45) is -4.31. The fraction of sp³-hybridized carbons (Fsp3) is 0.250. The standard InChI is InChI=1S/C16H14F3NO2/c17-16(18,19)13-3-1-2-11(6-13)8-20-9-12-4-5-14-15(7-12)22-10-21-14/h1-7,20H,8-10H2. The number of hydrogen-bond acceptors (Lipinski definition) is 3. The van der Waals surface area contributed by atoms with Gasteiger partial charge >= 0.3 is 6.18 Å². The maximum Gasteiger partial charge on any atom is 0.416 e. The highest BCUT2D eigenvalue weighted by Crippen LogP contribution is 2.32. The van der Waals surface area contributed by atoms with Crippen LogP contribution in [0.2, 0.25) is 0 Å². The Bertz CT molecular complexity index is 671. The molecule has 0 unspecified atom stereocenters. The Labute approximate surface area is 125 Å². The monoisotopic (exact) mass is 309 g/mol. The molecule has 0 radical (unpaired) electrons. The van der Waals surface area contributed by atoms with Gasteiger partial charge in [0, 0.05) is 13.1 Å². The van der Waals surface area contributed by atoms with E-state index in [1.54, 1.807) is 6.07 Å². The number of rotatable bonds is 4. The Morgan fingerprint density at radius 3 is 2.41 bits per heavy atom. The molecule has 0 aliphatic carbocycles. The molecule has 2 aromatic rings. The highest BCUT2D eigenvalue weighted by molar-refractivity contribution is 5.44. The fourth-order valence-electron chi connectivity index (χ4n) is 2.26. The summed E-state index contributed by atoms with van der Waals surface area (Å²) in [7, 11) is 0. The second kappa shape index (κ2) is 5.88. The van der Waals surface area contributed by atoms with Crippen LogP contribution in [-0.4, -0.2) is 6.79 Å². The third kappa shape index (κ3) is 3.33. The van der Waals surface area contributed by atoms with Gasteiger partial charge in [-0.15, -0.1) is 0 Å². The van der Waals surface area contributed by atoms with Gasteiger partial charge in [-0.05, 0) is 29.3 Å². The van der Waals surface area contributed by atoms with E-state index < -0.39 is 11.7 Å². The summed E-state index contributed by atoms with van der Waals surface area (Å²) in [5.74, 6) is 1.40. The second-order valence-corrected chi connectivity index (χ2v) is 4.99. The molecule has 0 fully saturated rings. The molecule has 6 heteroatoms. The van der Waals surface area contributed by atoms with E-state index in [0.29, 0.717) is 30.2 Å². The summed E-state index contributed by atoms with van der Waals surface area (Å²) >= 11 is 0. The molecule has 2 aromatic carbocycles. The predicted octanol–water partition coefficient (Wildman–Crippen LogP) is 3.72. The summed E-state index contributed by atoms with van der Waals surface area (Å²) in [5, 5.41) is 3.12. The number of halogens is 3. The highest BCUT2D eigenvalue weighted by Gasteiger charge is 2.30. The number of fused-ring (bicyclic) bond motifs is 1. The van der Waals surface area contributed by atoms with Crippen LogP contribution in [0.1, 0.15) is 16.7 Å². The summed E-state index contributed by atoms with van der Waals surface area (Å²) < 4.78 is 48.4. The molecule has 0 aromatic heterocycles. The van der Waals surface area contributed by atoms with Crippen LogP contribution in [0.5, 0.6) is 11.5 Å². The van der Waals surface area contributed by atoms with Crippen molar-refractivity contribution in [3.63, 3.8) is 0 Å². The smallest absolute Gasteiger partial charge is 0.416 e. The fourth-order valence-corrected chi connectivity index (χ4v) is 2.26. The molecular weight excluding hydrogens is 295 g/mol. The van der Waals surface area contributed by atoms with Gasteiger partial charge in [-0.3, -0.25) is 0 Å². The van der Waals surface area contributed by atoms with Gasteiger partial charge in [0.2, 0.25) is 6.79 Å². The quantitative estimate of drug-likeness (QED) is 0.933. The van der Waals surface area contributed by atoms with Crippen molar-refractivity contribution >= 4 is 0 Å². The number of hydrogen-bond donors (Lipinski definition) is 1. The van der Waals surface area contributed by atoms with E-state index in [2.05, 4.69) is 5.32 Å². The molecule has 0 amide bonds. The van der Waals surface area contributed by atoms with Crippen LogP contribution in [0.25, 0.3) is 0 Å². The van der Waals surface area contributed by atoms with Crippen LogP contribution >= 0.6 is 0 Å². The maximum atomic E-state index is 12.6. The topological polar surface area (TPSA) is 30.5 Å². The lowest BCUT2D eigenvalue weighted by Crippen LogP contribution is -2.13. The Balaban J connectivity index is 1.59. The Hall–Kier alpha value is -2.21. The number of benzene rings is 2. The minimum atomic E-state index is -4.31. The molecule has 3 nitrogen and oxygen atoms in total. The summed E-state index contributed by atoms with van der Waals surface area (Å²) in [4.78, 5) is 0. The first-order valence-electron chi connectivity index (χ1n) is 6.78. The van der Waals surface area contributed by atoms with Crippen molar-refractivity contribution in [3.05, 3.63) is 59.2 Å². The van der Waals surface area contributed by atoms with Crippen LogP contribution in [0.4, 0.5) is 13.2 Å². The van der Waals surface area contributed by atoms with E-state index >= 15 is 0 Å². The van der Waals surface area contributed by atoms with E-state index in [1.165, 1.54) is 6.07 Å². The summed E-state index contributed by atoms with van der Waals surface area (Å²) in [6, 6.07) is 10.9. The van der Waals surface area contributed by atoms with Crippen molar-refractivity contribution in [1.82, 2.24) is 5.32 Å². The third-order valence-corrected chi connectivity index (χ3v) is 3.35. The van der Waals surface area contributed by atoms with Gasteiger partial charge < -0.3 is 14.8 Å². The molecule has 3 rings (SSSR count). The molecule has 0 saturated carbocycles. The minimum Gasteiger partial charge on any atom is -0.454 e. The number of nitrogens with one attached hydrogen (secondary N) is 1. The van der Waals surface area contributed by atoms with Crippen LogP contribution in [0.3, 0.4) is 0 Å². The summed E-state index contributed by atoms with van der Waals surface area (Å²) in [5.41, 5.74) is 0.946. The average Bonchev–Trinajstić information content (AvgIpc) is 2.94.